The van der Waals surface area contributed by atoms with Gasteiger partial charge in [0.1, 0.15) is 0 Å². The predicted octanol–water partition coefficient (Wildman–Crippen LogP) is 5.14. The lowest BCUT2D eigenvalue weighted by atomic mass is 10.0. The second kappa shape index (κ2) is 7.05. The van der Waals surface area contributed by atoms with E-state index in [0.717, 1.165) is 33.2 Å². The van der Waals surface area contributed by atoms with Crippen LogP contribution in [0.25, 0.3) is 0 Å². The van der Waals surface area contributed by atoms with Crippen LogP contribution < -0.4 is 5.32 Å². The van der Waals surface area contributed by atoms with Crippen molar-refractivity contribution in [1.82, 2.24) is 4.90 Å². The molecule has 1 aromatic carbocycles. The predicted molar refractivity (Wildman–Crippen MR) is 103 cm³/mol. The van der Waals surface area contributed by atoms with Gasteiger partial charge >= 0.3 is 0 Å². The second-order valence-electron chi connectivity index (χ2n) is 5.85. The maximum atomic E-state index is 12.5. The summed E-state index contributed by atoms with van der Waals surface area (Å²) >= 11 is 8.86. The molecule has 3 nitrogen and oxygen atoms in total. The summed E-state index contributed by atoms with van der Waals surface area (Å²) in [5.74, 6) is 0.0146. The Kier molecular flexibility index (Phi) is 5.26. The average Bonchev–Trinajstić information content (AvgIpc) is 2.95. The Morgan fingerprint density at radius 3 is 2.78 bits per heavy atom. The van der Waals surface area contributed by atoms with Gasteiger partial charge in [-0.15, -0.1) is 11.3 Å². The zero-order valence-electron chi connectivity index (χ0n) is 13.0. The molecule has 2 heterocycles. The lowest BCUT2D eigenvalue weighted by Gasteiger charge is -2.33. The van der Waals surface area contributed by atoms with Gasteiger partial charge in [-0.2, -0.15) is 0 Å². The van der Waals surface area contributed by atoms with E-state index in [9.17, 15) is 4.79 Å². The molecule has 1 N–H and O–H groups in total. The number of benzene rings is 1. The van der Waals surface area contributed by atoms with Crippen LogP contribution in [-0.4, -0.2) is 23.9 Å². The number of aryl methyl sites for hydroxylation is 1. The minimum atomic E-state index is 0.0146. The normalized spacial score (nSPS) is 17.8. The van der Waals surface area contributed by atoms with Crippen molar-refractivity contribution >= 4 is 54.8 Å². The maximum absolute atomic E-state index is 12.5. The smallest absolute Gasteiger partial charge is 0.238 e. The van der Waals surface area contributed by atoms with E-state index in [2.05, 4.69) is 60.4 Å². The van der Waals surface area contributed by atoms with Gasteiger partial charge < -0.3 is 5.32 Å². The summed E-state index contributed by atoms with van der Waals surface area (Å²) in [5, 5.41) is 5.16. The van der Waals surface area contributed by atoms with Crippen LogP contribution in [0.1, 0.15) is 29.0 Å². The minimum Gasteiger partial charge on any atom is -0.323 e. The SMILES string of the molecule is Cc1cc(Br)c(NC(=O)CN2CCc3sccc3C2C)c(Br)c1. The number of hydrogen-bond acceptors (Lipinski definition) is 3. The first-order valence-electron chi connectivity index (χ1n) is 7.51. The molecule has 6 heteroatoms. The fourth-order valence-electron chi connectivity index (χ4n) is 2.96. The molecular formula is C17H18Br2N2OS. The van der Waals surface area contributed by atoms with Crippen LogP contribution in [0.5, 0.6) is 0 Å². The van der Waals surface area contributed by atoms with Crippen molar-refractivity contribution < 1.29 is 4.79 Å². The van der Waals surface area contributed by atoms with Crippen LogP contribution in [0.3, 0.4) is 0 Å². The molecule has 2 aromatic rings. The van der Waals surface area contributed by atoms with Crippen LogP contribution >= 0.6 is 43.2 Å². The van der Waals surface area contributed by atoms with E-state index < -0.39 is 0 Å². The van der Waals surface area contributed by atoms with Crippen LogP contribution in [0, 0.1) is 6.92 Å². The zero-order valence-corrected chi connectivity index (χ0v) is 17.0. The molecule has 1 aliphatic rings. The Hall–Kier alpha value is -0.690. The zero-order chi connectivity index (χ0) is 16.6. The number of fused-ring (bicyclic) bond motifs is 1. The largest absolute Gasteiger partial charge is 0.323 e. The number of hydrogen-bond donors (Lipinski definition) is 1. The Morgan fingerprint density at radius 1 is 1.39 bits per heavy atom. The summed E-state index contributed by atoms with van der Waals surface area (Å²) in [6.07, 6.45) is 1.03. The molecule has 0 saturated heterocycles. The molecular weight excluding hydrogens is 440 g/mol. The first kappa shape index (κ1) is 17.1. The molecule has 1 unspecified atom stereocenters. The van der Waals surface area contributed by atoms with Crippen molar-refractivity contribution in [3.63, 3.8) is 0 Å². The molecule has 1 atom stereocenters. The Morgan fingerprint density at radius 2 is 2.09 bits per heavy atom. The molecule has 0 spiro atoms. The molecule has 122 valence electrons. The highest BCUT2D eigenvalue weighted by Gasteiger charge is 2.26. The van der Waals surface area contributed by atoms with Gasteiger partial charge in [0.25, 0.3) is 0 Å². The van der Waals surface area contributed by atoms with Gasteiger partial charge in [-0.25, -0.2) is 0 Å². The molecule has 1 amide bonds. The molecule has 1 aromatic heterocycles. The van der Waals surface area contributed by atoms with E-state index in [1.165, 1.54) is 10.4 Å². The number of carbonyl (C=O) groups is 1. The number of amides is 1. The maximum Gasteiger partial charge on any atom is 0.238 e. The Bertz CT molecular complexity index is 721. The van der Waals surface area contributed by atoms with Crippen molar-refractivity contribution in [2.24, 2.45) is 0 Å². The fraction of sp³-hybridized carbons (Fsp3) is 0.353. The third-order valence-electron chi connectivity index (χ3n) is 4.20. The number of anilines is 1. The number of thiophene rings is 1. The molecule has 0 fully saturated rings. The molecule has 0 bridgehead atoms. The van der Waals surface area contributed by atoms with Gasteiger partial charge in [0.15, 0.2) is 0 Å². The van der Waals surface area contributed by atoms with Gasteiger partial charge in [0.2, 0.25) is 5.91 Å². The van der Waals surface area contributed by atoms with Crippen LogP contribution in [-0.2, 0) is 11.2 Å². The van der Waals surface area contributed by atoms with Gasteiger partial charge in [-0.1, -0.05) is 0 Å². The first-order chi connectivity index (χ1) is 11.0. The monoisotopic (exact) mass is 456 g/mol. The minimum absolute atomic E-state index is 0.0146. The van der Waals surface area contributed by atoms with E-state index in [4.69, 9.17) is 0 Å². The number of halogens is 2. The van der Waals surface area contributed by atoms with Crippen molar-refractivity contribution in [1.29, 1.82) is 0 Å². The summed E-state index contributed by atoms with van der Waals surface area (Å²) in [6.45, 7) is 5.53. The molecule has 23 heavy (non-hydrogen) atoms. The van der Waals surface area contributed by atoms with Crippen molar-refractivity contribution in [2.75, 3.05) is 18.4 Å². The molecule has 3 rings (SSSR count). The molecule has 0 radical (unpaired) electrons. The van der Waals surface area contributed by atoms with E-state index in [1.807, 2.05) is 30.4 Å². The third-order valence-corrected chi connectivity index (χ3v) is 6.45. The van der Waals surface area contributed by atoms with Gasteiger partial charge in [0.05, 0.1) is 12.2 Å². The highest BCUT2D eigenvalue weighted by atomic mass is 79.9. The van der Waals surface area contributed by atoms with Crippen LogP contribution in [0.4, 0.5) is 5.69 Å². The second-order valence-corrected chi connectivity index (χ2v) is 8.56. The summed E-state index contributed by atoms with van der Waals surface area (Å²) in [7, 11) is 0. The van der Waals surface area contributed by atoms with Gasteiger partial charge in [-0.05, 0) is 86.8 Å². The highest BCUT2D eigenvalue weighted by Crippen LogP contribution is 2.34. The van der Waals surface area contributed by atoms with Crippen molar-refractivity contribution in [3.8, 4) is 0 Å². The van der Waals surface area contributed by atoms with Gasteiger partial charge in [-0.3, -0.25) is 9.69 Å². The lowest BCUT2D eigenvalue weighted by Crippen LogP contribution is -2.39. The number of rotatable bonds is 3. The molecule has 1 aliphatic heterocycles. The average molecular weight is 458 g/mol. The molecule has 0 aliphatic carbocycles. The lowest BCUT2D eigenvalue weighted by molar-refractivity contribution is -0.117. The standard InChI is InChI=1S/C17H18Br2N2OS/c1-10-7-13(18)17(14(19)8-10)20-16(22)9-21-5-3-15-12(11(21)2)4-6-23-15/h4,6-8,11H,3,5,9H2,1-2H3,(H,20,22). The number of nitrogens with zero attached hydrogens (tertiary/aromatic N) is 1. The molecule has 0 saturated carbocycles. The summed E-state index contributed by atoms with van der Waals surface area (Å²) < 4.78 is 1.79. The van der Waals surface area contributed by atoms with Crippen molar-refractivity contribution in [2.45, 2.75) is 26.3 Å². The fourth-order valence-corrected chi connectivity index (χ4v) is 5.54. The van der Waals surface area contributed by atoms with E-state index in [0.29, 0.717) is 12.6 Å². The first-order valence-corrected chi connectivity index (χ1v) is 9.98. The topological polar surface area (TPSA) is 32.3 Å². The Labute approximate surface area is 157 Å². The van der Waals surface area contributed by atoms with E-state index in [1.54, 1.807) is 0 Å². The van der Waals surface area contributed by atoms with Crippen LogP contribution in [0.15, 0.2) is 32.5 Å². The quantitative estimate of drug-likeness (QED) is 0.691. The third kappa shape index (κ3) is 3.71. The van der Waals surface area contributed by atoms with Gasteiger partial charge in [0, 0.05) is 26.4 Å². The number of nitrogens with one attached hydrogen (secondary N) is 1. The highest BCUT2D eigenvalue weighted by molar-refractivity contribution is 9.11. The Balaban J connectivity index is 1.69. The van der Waals surface area contributed by atoms with E-state index >= 15 is 0 Å². The van der Waals surface area contributed by atoms with Crippen molar-refractivity contribution in [3.05, 3.63) is 48.5 Å². The number of carbonyl (C=O) groups excluding carboxylic acids is 1. The van der Waals surface area contributed by atoms with Crippen LogP contribution in [0.2, 0.25) is 0 Å². The summed E-state index contributed by atoms with van der Waals surface area (Å²) in [5.41, 5.74) is 3.30. The summed E-state index contributed by atoms with van der Waals surface area (Å²) in [4.78, 5) is 16.2. The summed E-state index contributed by atoms with van der Waals surface area (Å²) in [6, 6.07) is 6.48. The van der Waals surface area contributed by atoms with E-state index in [-0.39, 0.29) is 5.91 Å².